The summed E-state index contributed by atoms with van der Waals surface area (Å²) in [5.41, 5.74) is 5.99. The number of rotatable bonds is 5. The molecule has 1 aromatic heterocycles. The van der Waals surface area contributed by atoms with Gasteiger partial charge in [-0.25, -0.2) is 4.39 Å². The van der Waals surface area contributed by atoms with Gasteiger partial charge in [0.1, 0.15) is 18.2 Å². The van der Waals surface area contributed by atoms with E-state index >= 15 is 0 Å². The normalized spacial score (nSPS) is 12.3. The standard InChI is InChI=1S/C21H26FNO.C7H6O/c1-6-9-16-19(15-10-7-8-11-18(15)22)17(12-24)21(14(4)5)23-20(16)13(2)3;1-2-4-7-6(3-1)5-8-7/h6-11,13-14,24H,12H2,1-5H3;1-4H,5H2. The van der Waals surface area contributed by atoms with Crippen molar-refractivity contribution in [2.75, 3.05) is 0 Å². The molecule has 1 aliphatic heterocycles. The maximum absolute atomic E-state index is 14.6. The number of allylic oxidation sites excluding steroid dienone is 1. The molecule has 1 N–H and O–H groups in total. The van der Waals surface area contributed by atoms with E-state index in [0.29, 0.717) is 11.1 Å². The van der Waals surface area contributed by atoms with Crippen LogP contribution in [0.4, 0.5) is 4.39 Å². The van der Waals surface area contributed by atoms with E-state index in [0.717, 1.165) is 34.9 Å². The zero-order chi connectivity index (χ0) is 23.3. The summed E-state index contributed by atoms with van der Waals surface area (Å²) in [5.74, 6) is 1.11. The minimum Gasteiger partial charge on any atom is -0.488 e. The monoisotopic (exact) mass is 433 g/mol. The Bertz CT molecular complexity index is 1080. The van der Waals surface area contributed by atoms with Crippen molar-refractivity contribution in [1.82, 2.24) is 4.98 Å². The summed E-state index contributed by atoms with van der Waals surface area (Å²) in [6, 6.07) is 14.8. The van der Waals surface area contributed by atoms with Gasteiger partial charge in [0.2, 0.25) is 0 Å². The lowest BCUT2D eigenvalue weighted by Crippen LogP contribution is -2.11. The van der Waals surface area contributed by atoms with Gasteiger partial charge in [-0.3, -0.25) is 4.98 Å². The fourth-order valence-electron chi connectivity index (χ4n) is 3.90. The van der Waals surface area contributed by atoms with E-state index in [9.17, 15) is 9.50 Å². The van der Waals surface area contributed by atoms with E-state index < -0.39 is 0 Å². The summed E-state index contributed by atoms with van der Waals surface area (Å²) >= 11 is 0. The number of benzene rings is 2. The summed E-state index contributed by atoms with van der Waals surface area (Å²) in [6.45, 7) is 10.8. The lowest BCUT2D eigenvalue weighted by Gasteiger charge is -2.23. The summed E-state index contributed by atoms with van der Waals surface area (Å²) in [4.78, 5) is 4.84. The number of hydrogen-bond acceptors (Lipinski definition) is 3. The van der Waals surface area contributed by atoms with Gasteiger partial charge in [0.05, 0.1) is 12.3 Å². The fraction of sp³-hybridized carbons (Fsp3) is 0.321. The molecule has 4 heteroatoms. The van der Waals surface area contributed by atoms with Crippen LogP contribution in [-0.2, 0) is 13.2 Å². The number of nitrogens with zero attached hydrogens (tertiary/aromatic N) is 1. The van der Waals surface area contributed by atoms with Crippen molar-refractivity contribution in [1.29, 1.82) is 0 Å². The molecule has 32 heavy (non-hydrogen) atoms. The first-order valence-corrected chi connectivity index (χ1v) is 11.1. The minimum atomic E-state index is -0.284. The van der Waals surface area contributed by atoms with E-state index in [2.05, 4.69) is 19.9 Å². The van der Waals surface area contributed by atoms with Crippen LogP contribution < -0.4 is 4.74 Å². The first kappa shape index (κ1) is 23.7. The third kappa shape index (κ3) is 4.91. The second-order valence-electron chi connectivity index (χ2n) is 8.49. The average Bonchev–Trinajstić information content (AvgIpc) is 2.75. The molecule has 2 aromatic carbocycles. The van der Waals surface area contributed by atoms with Crippen molar-refractivity contribution >= 4 is 6.08 Å². The highest BCUT2D eigenvalue weighted by molar-refractivity contribution is 5.80. The Labute approximate surface area is 190 Å². The van der Waals surface area contributed by atoms with Crippen LogP contribution in [-0.4, -0.2) is 10.1 Å². The molecule has 3 aromatic rings. The lowest BCUT2D eigenvalue weighted by atomic mass is 9.87. The molecule has 0 spiro atoms. The van der Waals surface area contributed by atoms with E-state index in [1.807, 2.05) is 57.2 Å². The SMILES string of the molecule is CC=Cc1c(C(C)C)nc(C(C)C)c(CO)c1-c1ccccc1F.c1ccc2c(c1)CO2. The molecule has 4 rings (SSSR count). The van der Waals surface area contributed by atoms with Gasteiger partial charge in [-0.15, -0.1) is 0 Å². The highest BCUT2D eigenvalue weighted by Crippen LogP contribution is 2.38. The maximum atomic E-state index is 14.6. The zero-order valence-corrected chi connectivity index (χ0v) is 19.5. The zero-order valence-electron chi connectivity index (χ0n) is 19.5. The molecule has 0 amide bonds. The second kappa shape index (κ2) is 10.6. The van der Waals surface area contributed by atoms with E-state index in [-0.39, 0.29) is 24.3 Å². The third-order valence-corrected chi connectivity index (χ3v) is 5.48. The fourth-order valence-corrected chi connectivity index (χ4v) is 3.90. The first-order valence-electron chi connectivity index (χ1n) is 11.1. The van der Waals surface area contributed by atoms with Crippen LogP contribution in [0.25, 0.3) is 17.2 Å². The number of para-hydroxylation sites is 1. The smallest absolute Gasteiger partial charge is 0.131 e. The predicted molar refractivity (Wildman–Crippen MR) is 129 cm³/mol. The van der Waals surface area contributed by atoms with Gasteiger partial charge in [-0.05, 0) is 30.9 Å². The number of hydrogen-bond donors (Lipinski definition) is 1. The van der Waals surface area contributed by atoms with Gasteiger partial charge in [-0.1, -0.05) is 76.2 Å². The van der Waals surface area contributed by atoms with Crippen LogP contribution in [0.1, 0.15) is 74.5 Å². The molecule has 0 aliphatic carbocycles. The second-order valence-corrected chi connectivity index (χ2v) is 8.49. The Kier molecular flexibility index (Phi) is 7.81. The Morgan fingerprint density at radius 1 is 1.00 bits per heavy atom. The molecular formula is C28H32FNO2. The molecule has 0 bridgehead atoms. The number of fused-ring (bicyclic) bond motifs is 1. The highest BCUT2D eigenvalue weighted by Gasteiger charge is 2.23. The molecule has 3 nitrogen and oxygen atoms in total. The topological polar surface area (TPSA) is 42.4 Å². The predicted octanol–water partition coefficient (Wildman–Crippen LogP) is 7.24. The molecule has 1 aliphatic rings. The van der Waals surface area contributed by atoms with Crippen molar-refractivity contribution in [2.24, 2.45) is 0 Å². The van der Waals surface area contributed by atoms with Crippen LogP contribution in [0.15, 0.2) is 54.6 Å². The summed E-state index contributed by atoms with van der Waals surface area (Å²) in [6.07, 6.45) is 3.90. The number of aliphatic hydroxyl groups excluding tert-OH is 1. The third-order valence-electron chi connectivity index (χ3n) is 5.48. The van der Waals surface area contributed by atoms with Crippen molar-refractivity contribution in [3.8, 4) is 16.9 Å². The van der Waals surface area contributed by atoms with E-state index in [1.54, 1.807) is 12.1 Å². The van der Waals surface area contributed by atoms with Gasteiger partial charge in [0, 0.05) is 33.5 Å². The Balaban J connectivity index is 0.000000297. The number of pyridine rings is 1. The van der Waals surface area contributed by atoms with Gasteiger partial charge < -0.3 is 9.84 Å². The minimum absolute atomic E-state index is 0.148. The van der Waals surface area contributed by atoms with Crippen LogP contribution in [0, 0.1) is 5.82 Å². The van der Waals surface area contributed by atoms with Gasteiger partial charge >= 0.3 is 0 Å². The summed E-state index contributed by atoms with van der Waals surface area (Å²) in [7, 11) is 0. The van der Waals surface area contributed by atoms with Crippen LogP contribution in [0.3, 0.4) is 0 Å². The molecule has 0 saturated carbocycles. The average molecular weight is 434 g/mol. The Morgan fingerprint density at radius 2 is 1.66 bits per heavy atom. The van der Waals surface area contributed by atoms with Crippen LogP contribution in [0.5, 0.6) is 5.75 Å². The van der Waals surface area contributed by atoms with E-state index in [4.69, 9.17) is 9.72 Å². The molecule has 0 unspecified atom stereocenters. The Morgan fingerprint density at radius 3 is 2.12 bits per heavy atom. The molecule has 0 saturated heterocycles. The van der Waals surface area contributed by atoms with Crippen molar-refractivity contribution in [3.63, 3.8) is 0 Å². The first-order chi connectivity index (χ1) is 15.4. The van der Waals surface area contributed by atoms with Crippen molar-refractivity contribution in [3.05, 3.63) is 88.5 Å². The molecule has 0 atom stereocenters. The van der Waals surface area contributed by atoms with E-state index in [1.165, 1.54) is 11.6 Å². The number of halogens is 1. The molecule has 0 radical (unpaired) electrons. The Hall–Kier alpha value is -2.98. The summed E-state index contributed by atoms with van der Waals surface area (Å²) in [5, 5.41) is 10.0. The van der Waals surface area contributed by atoms with Crippen molar-refractivity contribution in [2.45, 2.75) is 59.7 Å². The molecular weight excluding hydrogens is 401 g/mol. The van der Waals surface area contributed by atoms with Crippen molar-refractivity contribution < 1.29 is 14.2 Å². The van der Waals surface area contributed by atoms with Crippen LogP contribution >= 0.6 is 0 Å². The molecule has 168 valence electrons. The number of aromatic nitrogens is 1. The quantitative estimate of drug-likeness (QED) is 0.461. The molecule has 0 fully saturated rings. The number of ether oxygens (including phenoxy) is 1. The van der Waals surface area contributed by atoms with Gasteiger partial charge in [-0.2, -0.15) is 0 Å². The van der Waals surface area contributed by atoms with Gasteiger partial charge in [0.15, 0.2) is 0 Å². The molecule has 2 heterocycles. The van der Waals surface area contributed by atoms with Crippen LogP contribution in [0.2, 0.25) is 0 Å². The lowest BCUT2D eigenvalue weighted by molar-refractivity contribution is 0.243. The maximum Gasteiger partial charge on any atom is 0.131 e. The number of aliphatic hydroxyl groups is 1. The van der Waals surface area contributed by atoms with Gasteiger partial charge in [0.25, 0.3) is 0 Å². The largest absolute Gasteiger partial charge is 0.488 e. The summed E-state index contributed by atoms with van der Waals surface area (Å²) < 4.78 is 19.6. The highest BCUT2D eigenvalue weighted by atomic mass is 19.1.